The van der Waals surface area contributed by atoms with Crippen LogP contribution in [0.2, 0.25) is 5.02 Å². The molecule has 1 heterocycles. The molecule has 1 fully saturated rings. The van der Waals surface area contributed by atoms with Crippen LogP contribution in [0.3, 0.4) is 0 Å². The number of hydrogen-bond donors (Lipinski definition) is 2. The maximum absolute atomic E-state index is 13.1. The first-order valence-electron chi connectivity index (χ1n) is 12.1. The van der Waals surface area contributed by atoms with E-state index in [1.54, 1.807) is 24.3 Å². The summed E-state index contributed by atoms with van der Waals surface area (Å²) in [6.45, 7) is 0.459. The van der Waals surface area contributed by atoms with E-state index in [-0.39, 0.29) is 27.8 Å². The smallest absolute Gasteiger partial charge is 0.261 e. The van der Waals surface area contributed by atoms with Crippen molar-refractivity contribution < 1.29 is 22.4 Å². The second kappa shape index (κ2) is 11.7. The number of halogens is 2. The predicted molar refractivity (Wildman–Crippen MR) is 155 cm³/mol. The molecule has 1 saturated heterocycles. The van der Waals surface area contributed by atoms with E-state index >= 15 is 0 Å². The fraction of sp³-hybridized carbons (Fsp3) is 0.103. The standard InChI is InChI=1S/C29H23ClFN3O4S2/c30-22-7-1-19(2-8-22)17-34-27(35)18-39-29(34)21-5-3-20(4-6-21)28(36)32-24-13-15-26(16-14-24)40(37,38)33-25-11-9-23(31)10-12-25/h1-16,29,33H,17-18H2,(H,32,36)/t29-/m0/s1. The van der Waals surface area contributed by atoms with E-state index in [2.05, 4.69) is 10.0 Å². The van der Waals surface area contributed by atoms with Crippen LogP contribution in [0.4, 0.5) is 15.8 Å². The van der Waals surface area contributed by atoms with Gasteiger partial charge in [0, 0.05) is 28.5 Å². The van der Waals surface area contributed by atoms with Crippen molar-refractivity contribution in [3.63, 3.8) is 0 Å². The SMILES string of the molecule is O=C(Nc1ccc(S(=O)(=O)Nc2ccc(F)cc2)cc1)c1ccc([C@@H]2SCC(=O)N2Cc2ccc(Cl)cc2)cc1. The highest BCUT2D eigenvalue weighted by Crippen LogP contribution is 2.39. The minimum atomic E-state index is -3.89. The van der Waals surface area contributed by atoms with Crippen molar-refractivity contribution in [2.45, 2.75) is 16.8 Å². The first-order valence-corrected chi connectivity index (χ1v) is 15.0. The van der Waals surface area contributed by atoms with Crippen LogP contribution >= 0.6 is 23.4 Å². The van der Waals surface area contributed by atoms with Gasteiger partial charge in [0.15, 0.2) is 0 Å². The normalized spacial score (nSPS) is 15.2. The van der Waals surface area contributed by atoms with Gasteiger partial charge >= 0.3 is 0 Å². The predicted octanol–water partition coefficient (Wildman–Crippen LogP) is 6.31. The highest BCUT2D eigenvalue weighted by atomic mass is 35.5. The van der Waals surface area contributed by atoms with E-state index in [1.165, 1.54) is 48.2 Å². The molecule has 0 radical (unpaired) electrons. The van der Waals surface area contributed by atoms with Gasteiger partial charge in [0.2, 0.25) is 5.91 Å². The molecule has 1 aliphatic rings. The number of thioether (sulfide) groups is 1. The lowest BCUT2D eigenvalue weighted by molar-refractivity contribution is -0.128. The van der Waals surface area contributed by atoms with Crippen LogP contribution in [0.1, 0.15) is 26.9 Å². The third-order valence-electron chi connectivity index (χ3n) is 6.21. The van der Waals surface area contributed by atoms with Gasteiger partial charge in [0.1, 0.15) is 11.2 Å². The lowest BCUT2D eigenvalue weighted by atomic mass is 10.1. The topological polar surface area (TPSA) is 95.6 Å². The molecule has 2 N–H and O–H groups in total. The fourth-order valence-electron chi connectivity index (χ4n) is 4.14. The molecule has 0 unspecified atom stereocenters. The van der Waals surface area contributed by atoms with E-state index in [0.29, 0.717) is 28.6 Å². The molecule has 0 saturated carbocycles. The summed E-state index contributed by atoms with van der Waals surface area (Å²) in [5.74, 6) is -0.405. The van der Waals surface area contributed by atoms with Gasteiger partial charge in [0.25, 0.3) is 15.9 Å². The second-order valence-electron chi connectivity index (χ2n) is 9.02. The maximum Gasteiger partial charge on any atom is 0.261 e. The van der Waals surface area contributed by atoms with Crippen LogP contribution in [-0.2, 0) is 21.4 Å². The van der Waals surface area contributed by atoms with E-state index in [9.17, 15) is 22.4 Å². The number of benzene rings is 4. The number of hydrogen-bond acceptors (Lipinski definition) is 5. The molecule has 1 atom stereocenters. The second-order valence-corrected chi connectivity index (χ2v) is 12.2. The van der Waals surface area contributed by atoms with Gasteiger partial charge in [-0.05, 0) is 83.9 Å². The van der Waals surface area contributed by atoms with Crippen LogP contribution in [0.15, 0.2) is 102 Å². The van der Waals surface area contributed by atoms with Gasteiger partial charge in [-0.1, -0.05) is 35.9 Å². The van der Waals surface area contributed by atoms with E-state index < -0.39 is 15.8 Å². The van der Waals surface area contributed by atoms with Crippen molar-refractivity contribution in [3.8, 4) is 0 Å². The monoisotopic (exact) mass is 595 g/mol. The minimum Gasteiger partial charge on any atom is -0.322 e. The van der Waals surface area contributed by atoms with Gasteiger partial charge in [-0.2, -0.15) is 0 Å². The molecular formula is C29H23ClFN3O4S2. The molecule has 0 aliphatic carbocycles. The Balaban J connectivity index is 1.22. The van der Waals surface area contributed by atoms with Gasteiger partial charge in [-0.25, -0.2) is 12.8 Å². The summed E-state index contributed by atoms with van der Waals surface area (Å²) >= 11 is 7.51. The number of anilines is 2. The zero-order chi connectivity index (χ0) is 28.3. The van der Waals surface area contributed by atoms with Crippen LogP contribution in [0.25, 0.3) is 0 Å². The first kappa shape index (κ1) is 27.7. The van der Waals surface area contributed by atoms with E-state index in [0.717, 1.165) is 23.3 Å². The minimum absolute atomic E-state index is 0.00839. The number of carbonyl (C=O) groups is 2. The summed E-state index contributed by atoms with van der Waals surface area (Å²) in [5, 5.41) is 3.23. The molecule has 204 valence electrons. The summed E-state index contributed by atoms with van der Waals surface area (Å²) in [6, 6.07) is 25.1. The quantitative estimate of drug-likeness (QED) is 0.249. The molecule has 0 aromatic heterocycles. The van der Waals surface area contributed by atoms with Crippen LogP contribution < -0.4 is 10.0 Å². The van der Waals surface area contributed by atoms with Crippen molar-refractivity contribution in [1.82, 2.24) is 4.90 Å². The van der Waals surface area contributed by atoms with E-state index in [1.807, 2.05) is 29.2 Å². The number of sulfonamides is 1. The Hall–Kier alpha value is -3.86. The van der Waals surface area contributed by atoms with Gasteiger partial charge < -0.3 is 10.2 Å². The lowest BCUT2D eigenvalue weighted by Gasteiger charge is -2.24. The Morgan fingerprint density at radius 1 is 0.900 bits per heavy atom. The Labute approximate surface area is 240 Å². The third-order valence-corrected chi connectivity index (χ3v) is 9.12. The third kappa shape index (κ3) is 6.47. The van der Waals surface area contributed by atoms with E-state index in [4.69, 9.17) is 11.6 Å². The first-order chi connectivity index (χ1) is 19.2. The summed E-state index contributed by atoms with van der Waals surface area (Å²) in [5.41, 5.74) is 2.95. The Morgan fingerprint density at radius 3 is 2.17 bits per heavy atom. The highest BCUT2D eigenvalue weighted by Gasteiger charge is 2.32. The van der Waals surface area contributed by atoms with Gasteiger partial charge in [-0.15, -0.1) is 11.8 Å². The van der Waals surface area contributed by atoms with Crippen LogP contribution in [0, 0.1) is 5.82 Å². The highest BCUT2D eigenvalue weighted by molar-refractivity contribution is 8.00. The molecule has 2 amide bonds. The summed E-state index contributed by atoms with van der Waals surface area (Å²) in [7, 11) is -3.89. The van der Waals surface area contributed by atoms with Crippen molar-refractivity contribution >= 4 is 56.6 Å². The number of amides is 2. The van der Waals surface area contributed by atoms with Gasteiger partial charge in [-0.3, -0.25) is 14.3 Å². The number of rotatable bonds is 8. The number of carbonyl (C=O) groups excluding carboxylic acids is 2. The molecule has 0 bridgehead atoms. The average Bonchev–Trinajstić information content (AvgIpc) is 3.31. The Kier molecular flexibility index (Phi) is 8.11. The van der Waals surface area contributed by atoms with Crippen molar-refractivity contribution in [2.24, 2.45) is 0 Å². The van der Waals surface area contributed by atoms with Crippen molar-refractivity contribution in [1.29, 1.82) is 0 Å². The summed E-state index contributed by atoms with van der Waals surface area (Å²) in [4.78, 5) is 27.2. The summed E-state index contributed by atoms with van der Waals surface area (Å²) < 4.78 is 40.7. The van der Waals surface area contributed by atoms with Crippen molar-refractivity contribution in [2.75, 3.05) is 15.8 Å². The maximum atomic E-state index is 13.1. The molecular weight excluding hydrogens is 573 g/mol. The van der Waals surface area contributed by atoms with Crippen molar-refractivity contribution in [3.05, 3.63) is 125 Å². The zero-order valence-corrected chi connectivity index (χ0v) is 23.3. The lowest BCUT2D eigenvalue weighted by Crippen LogP contribution is -2.27. The fourth-order valence-corrected chi connectivity index (χ4v) is 6.51. The molecule has 5 rings (SSSR count). The molecule has 0 spiro atoms. The van der Waals surface area contributed by atoms with Crippen LogP contribution in [0.5, 0.6) is 0 Å². The number of nitrogens with zero attached hydrogens (tertiary/aromatic N) is 1. The molecule has 40 heavy (non-hydrogen) atoms. The Bertz CT molecular complexity index is 1630. The molecule has 4 aromatic rings. The van der Waals surface area contributed by atoms with Gasteiger partial charge in [0.05, 0.1) is 10.6 Å². The molecule has 4 aromatic carbocycles. The van der Waals surface area contributed by atoms with Crippen LogP contribution in [-0.4, -0.2) is 30.9 Å². The summed E-state index contributed by atoms with van der Waals surface area (Å²) in [6.07, 6.45) is 0. The largest absolute Gasteiger partial charge is 0.322 e. The molecule has 7 nitrogen and oxygen atoms in total. The molecule has 1 aliphatic heterocycles. The zero-order valence-electron chi connectivity index (χ0n) is 20.9. The average molecular weight is 596 g/mol. The Morgan fingerprint density at radius 2 is 1.52 bits per heavy atom. The molecule has 11 heteroatoms. The number of nitrogens with one attached hydrogen (secondary N) is 2.